The van der Waals surface area contributed by atoms with Crippen molar-refractivity contribution in [3.63, 3.8) is 0 Å². The first-order valence-corrected chi connectivity index (χ1v) is 8.03. The van der Waals surface area contributed by atoms with Crippen LogP contribution >= 0.6 is 0 Å². The van der Waals surface area contributed by atoms with E-state index >= 15 is 0 Å². The lowest BCUT2D eigenvalue weighted by Crippen LogP contribution is -2.34. The number of nitrogens with one attached hydrogen (secondary N) is 1. The molecule has 0 aromatic heterocycles. The molecular formula is C14H22N2O3S. The summed E-state index contributed by atoms with van der Waals surface area (Å²) in [5.74, 6) is 0.834. The van der Waals surface area contributed by atoms with Gasteiger partial charge in [0.1, 0.15) is 0 Å². The van der Waals surface area contributed by atoms with E-state index in [2.05, 4.69) is 5.32 Å². The molecule has 6 heteroatoms. The predicted molar refractivity (Wildman–Crippen MR) is 80.6 cm³/mol. The van der Waals surface area contributed by atoms with Crippen LogP contribution in [-0.2, 0) is 26.1 Å². The van der Waals surface area contributed by atoms with Gasteiger partial charge in [-0.25, -0.2) is 0 Å². The third-order valence-electron chi connectivity index (χ3n) is 2.83. The van der Waals surface area contributed by atoms with Crippen LogP contribution in [0.3, 0.4) is 0 Å². The maximum atomic E-state index is 11.8. The Morgan fingerprint density at radius 1 is 1.40 bits per heavy atom. The molecule has 2 atom stereocenters. The summed E-state index contributed by atoms with van der Waals surface area (Å²) in [4.78, 5) is 11.6. The van der Waals surface area contributed by atoms with Gasteiger partial charge in [0.05, 0.1) is 12.5 Å². The largest absolute Gasteiger partial charge is 0.380 e. The highest BCUT2D eigenvalue weighted by atomic mass is 32.2. The van der Waals surface area contributed by atoms with Gasteiger partial charge in [0, 0.05) is 42.5 Å². The summed E-state index contributed by atoms with van der Waals surface area (Å²) in [6, 6.07) is 9.66. The van der Waals surface area contributed by atoms with E-state index in [1.165, 1.54) is 7.11 Å². The van der Waals surface area contributed by atoms with Crippen molar-refractivity contribution in [2.45, 2.75) is 18.3 Å². The molecule has 0 aliphatic rings. The van der Waals surface area contributed by atoms with E-state index in [1.54, 1.807) is 0 Å². The van der Waals surface area contributed by atoms with Gasteiger partial charge in [0.2, 0.25) is 5.91 Å². The molecule has 0 spiro atoms. The second-order valence-electron chi connectivity index (χ2n) is 4.42. The molecule has 2 unspecified atom stereocenters. The SMILES string of the molecule is COC(CN)CC(=O)NCCS(=O)Cc1ccccc1. The highest BCUT2D eigenvalue weighted by Gasteiger charge is 2.11. The van der Waals surface area contributed by atoms with Crippen molar-refractivity contribution in [1.82, 2.24) is 5.32 Å². The van der Waals surface area contributed by atoms with Crippen molar-refractivity contribution < 1.29 is 13.7 Å². The van der Waals surface area contributed by atoms with E-state index in [4.69, 9.17) is 10.5 Å². The van der Waals surface area contributed by atoms with Crippen molar-refractivity contribution >= 4 is 16.7 Å². The zero-order valence-corrected chi connectivity index (χ0v) is 12.5. The topological polar surface area (TPSA) is 81.4 Å². The third kappa shape index (κ3) is 6.79. The lowest BCUT2D eigenvalue weighted by Gasteiger charge is -2.12. The van der Waals surface area contributed by atoms with E-state index in [-0.39, 0.29) is 18.4 Å². The summed E-state index contributed by atoms with van der Waals surface area (Å²) in [5, 5.41) is 2.73. The van der Waals surface area contributed by atoms with Crippen molar-refractivity contribution in [3.8, 4) is 0 Å². The Labute approximate surface area is 122 Å². The Kier molecular flexibility index (Phi) is 8.10. The molecule has 0 aliphatic carbocycles. The number of carbonyl (C=O) groups is 1. The Balaban J connectivity index is 2.20. The van der Waals surface area contributed by atoms with Crippen LogP contribution < -0.4 is 11.1 Å². The van der Waals surface area contributed by atoms with E-state index in [1.807, 2.05) is 30.3 Å². The Bertz CT molecular complexity index is 422. The fraction of sp³-hybridized carbons (Fsp3) is 0.500. The molecule has 1 rings (SSSR count). The fourth-order valence-electron chi connectivity index (χ4n) is 1.68. The standard InChI is InChI=1S/C14H22N2O3S/c1-19-13(10-15)9-14(17)16-7-8-20(18)11-12-5-3-2-4-6-12/h2-6,13H,7-11,15H2,1H3,(H,16,17). The Hall–Kier alpha value is -1.24. The molecule has 0 saturated heterocycles. The van der Waals surface area contributed by atoms with Gasteiger partial charge < -0.3 is 15.8 Å². The normalized spacial score (nSPS) is 13.7. The highest BCUT2D eigenvalue weighted by Crippen LogP contribution is 2.02. The number of nitrogens with two attached hydrogens (primary N) is 1. The monoisotopic (exact) mass is 298 g/mol. The molecule has 0 fully saturated rings. The highest BCUT2D eigenvalue weighted by molar-refractivity contribution is 7.84. The number of amides is 1. The molecular weight excluding hydrogens is 276 g/mol. The summed E-state index contributed by atoms with van der Waals surface area (Å²) in [7, 11) is 0.553. The lowest BCUT2D eigenvalue weighted by molar-refractivity contribution is -0.123. The molecule has 1 aromatic rings. The smallest absolute Gasteiger partial charge is 0.222 e. The van der Waals surface area contributed by atoms with Crippen LogP contribution in [0, 0.1) is 0 Å². The molecule has 0 saturated carbocycles. The van der Waals surface area contributed by atoms with Crippen molar-refractivity contribution in [1.29, 1.82) is 0 Å². The number of rotatable bonds is 9. The first-order chi connectivity index (χ1) is 9.65. The minimum Gasteiger partial charge on any atom is -0.380 e. The van der Waals surface area contributed by atoms with Crippen LogP contribution in [0.25, 0.3) is 0 Å². The van der Waals surface area contributed by atoms with E-state index in [0.29, 0.717) is 24.6 Å². The van der Waals surface area contributed by atoms with E-state index < -0.39 is 10.8 Å². The van der Waals surface area contributed by atoms with E-state index in [0.717, 1.165) is 5.56 Å². The van der Waals surface area contributed by atoms with Crippen LogP contribution in [0.15, 0.2) is 30.3 Å². The zero-order valence-electron chi connectivity index (χ0n) is 11.7. The summed E-state index contributed by atoms with van der Waals surface area (Å²) in [6.45, 7) is 0.711. The molecule has 0 heterocycles. The first kappa shape index (κ1) is 16.8. The fourth-order valence-corrected chi connectivity index (χ4v) is 2.72. The maximum absolute atomic E-state index is 11.8. The van der Waals surface area contributed by atoms with Gasteiger partial charge in [-0.05, 0) is 5.56 Å². The van der Waals surface area contributed by atoms with Crippen LogP contribution in [0.4, 0.5) is 0 Å². The van der Waals surface area contributed by atoms with Crippen LogP contribution in [0.2, 0.25) is 0 Å². The molecule has 0 radical (unpaired) electrons. The molecule has 20 heavy (non-hydrogen) atoms. The third-order valence-corrected chi connectivity index (χ3v) is 4.15. The van der Waals surface area contributed by atoms with Gasteiger partial charge in [0.15, 0.2) is 0 Å². The van der Waals surface area contributed by atoms with Crippen LogP contribution in [0.5, 0.6) is 0 Å². The van der Waals surface area contributed by atoms with Gasteiger partial charge in [-0.1, -0.05) is 30.3 Å². The van der Waals surface area contributed by atoms with Gasteiger partial charge >= 0.3 is 0 Å². The number of carbonyl (C=O) groups excluding carboxylic acids is 1. The minimum absolute atomic E-state index is 0.126. The molecule has 112 valence electrons. The van der Waals surface area contributed by atoms with Gasteiger partial charge in [-0.3, -0.25) is 9.00 Å². The molecule has 1 amide bonds. The summed E-state index contributed by atoms with van der Waals surface area (Å²) >= 11 is 0. The van der Waals surface area contributed by atoms with Gasteiger partial charge in [-0.2, -0.15) is 0 Å². The molecule has 1 aromatic carbocycles. The van der Waals surface area contributed by atoms with Gasteiger partial charge in [-0.15, -0.1) is 0 Å². The number of benzene rings is 1. The first-order valence-electron chi connectivity index (χ1n) is 6.54. The molecule has 3 N–H and O–H groups in total. The Morgan fingerprint density at radius 2 is 2.10 bits per heavy atom. The maximum Gasteiger partial charge on any atom is 0.222 e. The summed E-state index contributed by atoms with van der Waals surface area (Å²) in [5.41, 5.74) is 6.48. The minimum atomic E-state index is -0.974. The molecule has 0 bridgehead atoms. The number of hydrogen-bond donors (Lipinski definition) is 2. The van der Waals surface area contributed by atoms with Crippen LogP contribution in [-0.4, -0.2) is 42.2 Å². The quantitative estimate of drug-likeness (QED) is 0.692. The number of methoxy groups -OCH3 is 1. The average Bonchev–Trinajstić information content (AvgIpc) is 2.45. The number of hydrogen-bond acceptors (Lipinski definition) is 4. The van der Waals surface area contributed by atoms with E-state index in [9.17, 15) is 9.00 Å². The van der Waals surface area contributed by atoms with Gasteiger partial charge in [0.25, 0.3) is 0 Å². The average molecular weight is 298 g/mol. The molecule has 5 nitrogen and oxygen atoms in total. The zero-order chi connectivity index (χ0) is 14.8. The van der Waals surface area contributed by atoms with Crippen molar-refractivity contribution in [2.75, 3.05) is 26.0 Å². The number of ether oxygens (including phenoxy) is 1. The lowest BCUT2D eigenvalue weighted by atomic mass is 10.2. The van der Waals surface area contributed by atoms with Crippen molar-refractivity contribution in [2.24, 2.45) is 5.73 Å². The summed E-state index contributed by atoms with van der Waals surface area (Å²) < 4.78 is 16.9. The second-order valence-corrected chi connectivity index (χ2v) is 6.00. The predicted octanol–water partition coefficient (Wildman–Crippen LogP) is 0.415. The van der Waals surface area contributed by atoms with Crippen molar-refractivity contribution in [3.05, 3.63) is 35.9 Å². The summed E-state index contributed by atoms with van der Waals surface area (Å²) in [6.07, 6.45) is -0.0250. The second kappa shape index (κ2) is 9.63. The van der Waals surface area contributed by atoms with Crippen LogP contribution in [0.1, 0.15) is 12.0 Å². The Morgan fingerprint density at radius 3 is 2.70 bits per heavy atom. The molecule has 0 aliphatic heterocycles.